The van der Waals surface area contributed by atoms with Crippen LogP contribution < -0.4 is 11.1 Å². The van der Waals surface area contributed by atoms with Crippen LogP contribution in [0.2, 0.25) is 0 Å². The van der Waals surface area contributed by atoms with Crippen LogP contribution in [0.1, 0.15) is 10.5 Å². The van der Waals surface area contributed by atoms with Gasteiger partial charge in [0.05, 0.1) is 11.4 Å². The largest absolute Gasteiger partial charge is 0.369 e. The molecule has 7 heteroatoms. The second kappa shape index (κ2) is 7.24. The maximum absolute atomic E-state index is 12.2. The Balaban J connectivity index is 2.15. The highest BCUT2D eigenvalue weighted by molar-refractivity contribution is 9.10. The predicted molar refractivity (Wildman–Crippen MR) is 86.3 cm³/mol. The number of thioether (sulfide) groups is 1. The number of anilines is 1. The molecule has 0 fully saturated rings. The summed E-state index contributed by atoms with van der Waals surface area (Å²) in [5.41, 5.74) is 6.06. The van der Waals surface area contributed by atoms with Crippen molar-refractivity contribution < 1.29 is 9.59 Å². The van der Waals surface area contributed by atoms with Crippen LogP contribution in [0.5, 0.6) is 0 Å². The number of para-hydroxylation sites is 1. The van der Waals surface area contributed by atoms with Crippen LogP contribution in [0.15, 0.2) is 52.0 Å². The lowest BCUT2D eigenvalue weighted by atomic mass is 10.3. The molecule has 1 aromatic carbocycles. The van der Waals surface area contributed by atoms with Crippen molar-refractivity contribution in [3.63, 3.8) is 0 Å². The van der Waals surface area contributed by atoms with Crippen LogP contribution in [-0.4, -0.2) is 22.6 Å². The Morgan fingerprint density at radius 2 is 1.95 bits per heavy atom. The third kappa shape index (κ3) is 4.57. The fourth-order valence-corrected chi connectivity index (χ4v) is 2.66. The van der Waals surface area contributed by atoms with E-state index in [4.69, 9.17) is 5.73 Å². The number of amides is 2. The van der Waals surface area contributed by atoms with Crippen molar-refractivity contribution in [1.82, 2.24) is 4.98 Å². The third-order valence-corrected chi connectivity index (χ3v) is 3.99. The molecule has 1 heterocycles. The summed E-state index contributed by atoms with van der Waals surface area (Å²) in [4.78, 5) is 27.9. The van der Waals surface area contributed by atoms with Gasteiger partial charge in [-0.1, -0.05) is 18.2 Å². The number of benzene rings is 1. The first-order valence-corrected chi connectivity index (χ1v) is 7.78. The molecule has 0 unspecified atom stereocenters. The molecule has 2 aromatic rings. The summed E-state index contributed by atoms with van der Waals surface area (Å²) in [6.45, 7) is 0. The Kier molecular flexibility index (Phi) is 5.35. The van der Waals surface area contributed by atoms with E-state index in [1.807, 2.05) is 12.1 Å². The van der Waals surface area contributed by atoms with Crippen LogP contribution in [0.3, 0.4) is 0 Å². The van der Waals surface area contributed by atoms with Crippen LogP contribution >= 0.6 is 27.7 Å². The zero-order chi connectivity index (χ0) is 15.2. The summed E-state index contributed by atoms with van der Waals surface area (Å²) in [6.07, 6.45) is 0. The van der Waals surface area contributed by atoms with Crippen molar-refractivity contribution in [3.05, 3.63) is 52.8 Å². The average molecular weight is 366 g/mol. The smallest absolute Gasteiger partial charge is 0.274 e. The summed E-state index contributed by atoms with van der Waals surface area (Å²) in [7, 11) is 0. The number of nitrogens with zero attached hydrogens (tertiary/aromatic N) is 1. The van der Waals surface area contributed by atoms with E-state index in [1.54, 1.807) is 30.3 Å². The molecule has 0 aliphatic rings. The van der Waals surface area contributed by atoms with E-state index >= 15 is 0 Å². The van der Waals surface area contributed by atoms with Gasteiger partial charge < -0.3 is 11.1 Å². The molecule has 3 N–H and O–H groups in total. The fraction of sp³-hybridized carbons (Fsp3) is 0.0714. The molecule has 0 radical (unpaired) electrons. The molecule has 2 rings (SSSR count). The first-order chi connectivity index (χ1) is 10.1. The second-order valence-electron chi connectivity index (χ2n) is 4.05. The predicted octanol–water partition coefficient (Wildman–Crippen LogP) is 2.67. The summed E-state index contributed by atoms with van der Waals surface area (Å²) in [5.74, 6) is -0.569. The van der Waals surface area contributed by atoms with Crippen LogP contribution in [-0.2, 0) is 4.79 Å². The zero-order valence-electron chi connectivity index (χ0n) is 10.9. The molecule has 1 aromatic heterocycles. The number of halogens is 1. The standard InChI is InChI=1S/C14H12BrN3O2S/c15-12-7-3-5-10(17-12)14(20)18-9-4-1-2-6-11(9)21-8-13(16)19/h1-7H,8H2,(H2,16,19)(H,18,20). The van der Waals surface area contributed by atoms with Gasteiger partial charge >= 0.3 is 0 Å². The zero-order valence-corrected chi connectivity index (χ0v) is 13.3. The van der Waals surface area contributed by atoms with E-state index in [1.165, 1.54) is 11.8 Å². The SMILES string of the molecule is NC(=O)CSc1ccccc1NC(=O)c1cccc(Br)n1. The van der Waals surface area contributed by atoms with Crippen LogP contribution in [0.25, 0.3) is 0 Å². The minimum absolute atomic E-state index is 0.155. The number of pyridine rings is 1. The Bertz CT molecular complexity index is 679. The molecule has 108 valence electrons. The van der Waals surface area contributed by atoms with Crippen molar-refractivity contribution in [3.8, 4) is 0 Å². The minimum atomic E-state index is -0.408. The summed E-state index contributed by atoms with van der Waals surface area (Å²) >= 11 is 4.50. The third-order valence-electron chi connectivity index (χ3n) is 2.45. The molecule has 0 saturated heterocycles. The number of hydrogen-bond donors (Lipinski definition) is 2. The number of hydrogen-bond acceptors (Lipinski definition) is 4. The van der Waals surface area contributed by atoms with Crippen LogP contribution in [0, 0.1) is 0 Å². The van der Waals surface area contributed by atoms with E-state index in [2.05, 4.69) is 26.2 Å². The molecule has 0 bridgehead atoms. The number of nitrogens with two attached hydrogens (primary N) is 1. The number of nitrogens with one attached hydrogen (secondary N) is 1. The van der Waals surface area contributed by atoms with Gasteiger partial charge in [0, 0.05) is 4.90 Å². The Hall–Kier alpha value is -1.86. The molecule has 0 aliphatic heterocycles. The van der Waals surface area contributed by atoms with Crippen LogP contribution in [0.4, 0.5) is 5.69 Å². The lowest BCUT2D eigenvalue weighted by Gasteiger charge is -2.09. The van der Waals surface area contributed by atoms with Gasteiger partial charge in [-0.3, -0.25) is 9.59 Å². The summed E-state index contributed by atoms with van der Waals surface area (Å²) < 4.78 is 0.589. The molecule has 2 amide bonds. The average Bonchev–Trinajstić information content (AvgIpc) is 2.46. The number of aromatic nitrogens is 1. The van der Waals surface area contributed by atoms with Crippen molar-refractivity contribution in [2.24, 2.45) is 5.73 Å². The Morgan fingerprint density at radius 3 is 2.67 bits per heavy atom. The van der Waals surface area contributed by atoms with E-state index in [-0.39, 0.29) is 11.7 Å². The molecule has 0 atom stereocenters. The first-order valence-electron chi connectivity index (χ1n) is 6.00. The highest BCUT2D eigenvalue weighted by atomic mass is 79.9. The normalized spacial score (nSPS) is 10.1. The molecule has 0 saturated carbocycles. The number of carbonyl (C=O) groups is 2. The van der Waals surface area contributed by atoms with Gasteiger partial charge in [-0.25, -0.2) is 4.98 Å². The lowest BCUT2D eigenvalue weighted by Crippen LogP contribution is -2.15. The van der Waals surface area contributed by atoms with Gasteiger partial charge in [0.15, 0.2) is 0 Å². The number of primary amides is 1. The van der Waals surface area contributed by atoms with E-state index in [9.17, 15) is 9.59 Å². The van der Waals surface area contributed by atoms with Gasteiger partial charge in [-0.05, 0) is 40.2 Å². The maximum Gasteiger partial charge on any atom is 0.274 e. The molecule has 21 heavy (non-hydrogen) atoms. The quantitative estimate of drug-likeness (QED) is 0.629. The van der Waals surface area contributed by atoms with Crippen molar-refractivity contribution >= 4 is 45.2 Å². The molecular weight excluding hydrogens is 354 g/mol. The van der Waals surface area contributed by atoms with E-state index in [0.717, 1.165) is 4.90 Å². The Labute approximate surface area is 134 Å². The summed E-state index contributed by atoms with van der Waals surface area (Å²) in [6, 6.07) is 12.3. The minimum Gasteiger partial charge on any atom is -0.369 e. The van der Waals surface area contributed by atoms with Gasteiger partial charge in [0.25, 0.3) is 5.91 Å². The highest BCUT2D eigenvalue weighted by Gasteiger charge is 2.11. The molecule has 0 spiro atoms. The fourth-order valence-electron chi connectivity index (χ4n) is 1.57. The first kappa shape index (κ1) is 15.5. The van der Waals surface area contributed by atoms with Crippen molar-refractivity contribution in [2.45, 2.75) is 4.90 Å². The highest BCUT2D eigenvalue weighted by Crippen LogP contribution is 2.27. The van der Waals surface area contributed by atoms with Gasteiger partial charge in [-0.15, -0.1) is 11.8 Å². The maximum atomic E-state index is 12.2. The van der Waals surface area contributed by atoms with Gasteiger partial charge in [0.1, 0.15) is 10.3 Å². The number of rotatable bonds is 5. The second-order valence-corrected chi connectivity index (χ2v) is 5.88. The van der Waals surface area contributed by atoms with Gasteiger partial charge in [0.2, 0.25) is 5.91 Å². The molecule has 5 nitrogen and oxygen atoms in total. The monoisotopic (exact) mass is 365 g/mol. The van der Waals surface area contributed by atoms with Crippen molar-refractivity contribution in [2.75, 3.05) is 11.1 Å². The van der Waals surface area contributed by atoms with Gasteiger partial charge in [-0.2, -0.15) is 0 Å². The molecule has 0 aliphatic carbocycles. The van der Waals surface area contributed by atoms with E-state index < -0.39 is 5.91 Å². The molecular formula is C14H12BrN3O2S. The Morgan fingerprint density at radius 1 is 1.19 bits per heavy atom. The number of carbonyl (C=O) groups excluding carboxylic acids is 2. The van der Waals surface area contributed by atoms with E-state index in [0.29, 0.717) is 16.0 Å². The summed E-state index contributed by atoms with van der Waals surface area (Å²) in [5, 5.41) is 2.78. The lowest BCUT2D eigenvalue weighted by molar-refractivity contribution is -0.115. The topological polar surface area (TPSA) is 85.1 Å². The van der Waals surface area contributed by atoms with Crippen molar-refractivity contribution in [1.29, 1.82) is 0 Å².